The first kappa shape index (κ1) is 22.1. The third kappa shape index (κ3) is 2.91. The normalized spacial score (nSPS) is 25.0. The lowest BCUT2D eigenvalue weighted by Gasteiger charge is -2.38. The van der Waals surface area contributed by atoms with Crippen molar-refractivity contribution < 1.29 is 5.01 Å². The maximum Gasteiger partial charge on any atom is 0.261 e. The van der Waals surface area contributed by atoms with Crippen LogP contribution in [-0.4, -0.2) is 16.7 Å². The van der Waals surface area contributed by atoms with Crippen molar-refractivity contribution in [2.24, 2.45) is 10.9 Å². The second kappa shape index (κ2) is 8.02. The number of nitrogens with zero attached hydrogens (tertiary/aromatic N) is 2. The molecule has 0 amide bonds. The van der Waals surface area contributed by atoms with Gasteiger partial charge in [0.25, 0.3) is 5.84 Å². The van der Waals surface area contributed by atoms with Crippen LogP contribution in [0.5, 0.6) is 0 Å². The summed E-state index contributed by atoms with van der Waals surface area (Å²) >= 11 is 0. The number of nitrogens with one attached hydrogen (secondary N) is 1. The van der Waals surface area contributed by atoms with Gasteiger partial charge in [0, 0.05) is 16.2 Å². The van der Waals surface area contributed by atoms with Gasteiger partial charge in [-0.2, -0.15) is 14.7 Å². The molecule has 0 saturated carbocycles. The number of hydrogen-bond donors (Lipinski definition) is 1. The van der Waals surface area contributed by atoms with E-state index in [1.807, 2.05) is 0 Å². The zero-order chi connectivity index (χ0) is 25.4. The fraction of sp³-hybridized carbons (Fsp3) is 0.229. The fourth-order valence-corrected chi connectivity index (χ4v) is 7.36. The van der Waals surface area contributed by atoms with Crippen LogP contribution in [0.1, 0.15) is 49.8 Å². The molecule has 1 N–H and O–H groups in total. The molecular formula is C35H32N3+. The Morgan fingerprint density at radius 2 is 1.74 bits per heavy atom. The number of hydrogen-bond acceptors (Lipinski definition) is 1. The number of aromatic nitrogens is 1. The van der Waals surface area contributed by atoms with Gasteiger partial charge in [0.05, 0.1) is 11.5 Å². The molecule has 8 rings (SSSR count). The number of fused-ring (bicyclic) bond motifs is 6. The van der Waals surface area contributed by atoms with Crippen molar-refractivity contribution in [2.45, 2.75) is 44.7 Å². The minimum absolute atomic E-state index is 0.0643. The molecule has 4 aromatic rings. The molecule has 0 spiro atoms. The van der Waals surface area contributed by atoms with Crippen molar-refractivity contribution in [3.05, 3.63) is 125 Å². The largest absolute Gasteiger partial charge is 0.261 e. The molecular weight excluding hydrogens is 462 g/mol. The summed E-state index contributed by atoms with van der Waals surface area (Å²) in [7, 11) is 0. The highest BCUT2D eigenvalue weighted by atomic mass is 15.7. The molecule has 0 radical (unpaired) electrons. The van der Waals surface area contributed by atoms with Crippen LogP contribution in [0.3, 0.4) is 0 Å². The summed E-state index contributed by atoms with van der Waals surface area (Å²) in [6.07, 6.45) is 17.2. The monoisotopic (exact) mass is 494 g/mol. The van der Waals surface area contributed by atoms with Gasteiger partial charge < -0.3 is 0 Å². The number of benzene rings is 3. The topological polar surface area (TPSA) is 21.7 Å². The summed E-state index contributed by atoms with van der Waals surface area (Å²) in [6.45, 7) is 4.83. The Bertz CT molecular complexity index is 1770. The maximum atomic E-state index is 5.28. The molecule has 4 aliphatic rings. The number of allylic oxidation sites excluding steroid dienone is 7. The van der Waals surface area contributed by atoms with Gasteiger partial charge in [0.2, 0.25) is 6.17 Å². The van der Waals surface area contributed by atoms with E-state index in [2.05, 4.69) is 122 Å². The van der Waals surface area contributed by atoms with E-state index in [1.165, 1.54) is 49.1 Å². The fourth-order valence-electron chi connectivity index (χ4n) is 7.36. The lowest BCUT2D eigenvalue weighted by atomic mass is 9.78. The zero-order valence-corrected chi connectivity index (χ0v) is 22.0. The van der Waals surface area contributed by atoms with Crippen molar-refractivity contribution in [3.8, 4) is 0 Å². The van der Waals surface area contributed by atoms with Gasteiger partial charge in [-0.15, -0.1) is 0 Å². The number of rotatable bonds is 3. The summed E-state index contributed by atoms with van der Waals surface area (Å²) < 4.78 is 2.55. The summed E-state index contributed by atoms with van der Waals surface area (Å²) in [4.78, 5) is 5.28. The van der Waals surface area contributed by atoms with E-state index in [4.69, 9.17) is 4.99 Å². The van der Waals surface area contributed by atoms with Crippen LogP contribution in [0.4, 0.5) is 0 Å². The summed E-state index contributed by atoms with van der Waals surface area (Å²) in [5.41, 5.74) is 9.81. The molecule has 3 heteroatoms. The van der Waals surface area contributed by atoms with E-state index in [1.54, 1.807) is 5.57 Å². The number of para-hydroxylation sites is 1. The summed E-state index contributed by atoms with van der Waals surface area (Å²) in [5.74, 6) is 1.50. The third-order valence-electron chi connectivity index (χ3n) is 9.20. The molecule has 3 aliphatic carbocycles. The van der Waals surface area contributed by atoms with Crippen LogP contribution in [-0.2, 0) is 5.41 Å². The van der Waals surface area contributed by atoms with E-state index in [9.17, 15) is 0 Å². The predicted molar refractivity (Wildman–Crippen MR) is 157 cm³/mol. The summed E-state index contributed by atoms with van der Waals surface area (Å²) in [6, 6.07) is 24.5. The van der Waals surface area contributed by atoms with Gasteiger partial charge in [-0.25, -0.2) is 0 Å². The molecule has 0 bridgehead atoms. The molecule has 0 saturated heterocycles. The average molecular weight is 495 g/mol. The van der Waals surface area contributed by atoms with Crippen LogP contribution in [0.15, 0.2) is 114 Å². The molecule has 3 aromatic carbocycles. The second-order valence-corrected chi connectivity index (χ2v) is 11.6. The average Bonchev–Trinajstić information content (AvgIpc) is 3.39. The van der Waals surface area contributed by atoms with Crippen molar-refractivity contribution in [1.29, 1.82) is 0 Å². The van der Waals surface area contributed by atoms with E-state index in [0.29, 0.717) is 5.92 Å². The molecule has 3 atom stereocenters. The molecule has 3 nitrogen and oxygen atoms in total. The number of aliphatic imine (C=N–C) groups is 1. The number of quaternary nitrogens is 1. The molecule has 1 aliphatic heterocycles. The lowest BCUT2D eigenvalue weighted by molar-refractivity contribution is -0.898. The first-order valence-electron chi connectivity index (χ1n) is 14.0. The first-order chi connectivity index (χ1) is 18.6. The van der Waals surface area contributed by atoms with Gasteiger partial charge in [-0.1, -0.05) is 98.3 Å². The van der Waals surface area contributed by atoms with Crippen LogP contribution in [0.2, 0.25) is 0 Å². The molecule has 3 unspecified atom stereocenters. The lowest BCUT2D eigenvalue weighted by Crippen LogP contribution is -3.25. The van der Waals surface area contributed by atoms with E-state index in [0.717, 1.165) is 25.1 Å². The van der Waals surface area contributed by atoms with Gasteiger partial charge >= 0.3 is 0 Å². The molecule has 0 fully saturated rings. The predicted octanol–water partition coefficient (Wildman–Crippen LogP) is 6.76. The van der Waals surface area contributed by atoms with E-state index in [-0.39, 0.29) is 11.6 Å². The highest BCUT2D eigenvalue weighted by Gasteiger charge is 2.46. The SMILES string of the molecule is CC1(C)C2=C(C=CCC2)c2c1ccc1c2c2ccccc2n1[NH+]1C(c2ccccc2)=NC1C1C=CC=CC1. The van der Waals surface area contributed by atoms with Gasteiger partial charge in [0.15, 0.2) is 0 Å². The Labute approximate surface area is 223 Å². The highest BCUT2D eigenvalue weighted by Crippen LogP contribution is 2.53. The van der Waals surface area contributed by atoms with Gasteiger partial charge in [-0.05, 0) is 60.2 Å². The minimum Gasteiger partial charge on any atom is -0.184 e. The Hall–Kier alpha value is -3.95. The zero-order valence-electron chi connectivity index (χ0n) is 22.0. The van der Waals surface area contributed by atoms with Gasteiger partial charge in [-0.3, -0.25) is 0 Å². The van der Waals surface area contributed by atoms with Crippen LogP contribution in [0.25, 0.3) is 27.4 Å². The highest BCUT2D eigenvalue weighted by molar-refractivity contribution is 6.15. The van der Waals surface area contributed by atoms with Crippen molar-refractivity contribution in [3.63, 3.8) is 0 Å². The Morgan fingerprint density at radius 1 is 0.895 bits per heavy atom. The molecule has 2 heterocycles. The Morgan fingerprint density at radius 3 is 2.58 bits per heavy atom. The van der Waals surface area contributed by atoms with Gasteiger partial charge in [0.1, 0.15) is 11.0 Å². The molecule has 186 valence electrons. The Balaban J connectivity index is 1.42. The third-order valence-corrected chi connectivity index (χ3v) is 9.20. The first-order valence-corrected chi connectivity index (χ1v) is 14.0. The quantitative estimate of drug-likeness (QED) is 0.325. The van der Waals surface area contributed by atoms with E-state index >= 15 is 0 Å². The second-order valence-electron chi connectivity index (χ2n) is 11.6. The standard InChI is InChI=1S/C35H31N3/c1-35(2)27-19-11-9-17-25(27)31-28(35)21-22-30-32(31)26-18-10-12-20-29(26)37(30)38-33(23-13-5-3-6-14-23)36-34(38)24-15-7-4-8-16-24/h3-10,12-15,17-18,20-22,24,34H,11,16,19H2,1-2H3/p+1. The molecule has 38 heavy (non-hydrogen) atoms. The van der Waals surface area contributed by atoms with Crippen molar-refractivity contribution in [2.75, 3.05) is 0 Å². The smallest absolute Gasteiger partial charge is 0.184 e. The van der Waals surface area contributed by atoms with Crippen molar-refractivity contribution in [1.82, 2.24) is 4.68 Å². The Kier molecular flexibility index (Phi) is 4.66. The van der Waals surface area contributed by atoms with Crippen LogP contribution in [0, 0.1) is 5.92 Å². The van der Waals surface area contributed by atoms with Crippen LogP contribution >= 0.6 is 0 Å². The maximum absolute atomic E-state index is 5.28. The number of amidine groups is 1. The molecule has 1 aromatic heterocycles. The summed E-state index contributed by atoms with van der Waals surface area (Å²) in [5, 5.41) is 4.07. The minimum atomic E-state index is 0.0643. The van der Waals surface area contributed by atoms with E-state index < -0.39 is 0 Å². The van der Waals surface area contributed by atoms with Crippen LogP contribution < -0.4 is 5.01 Å². The van der Waals surface area contributed by atoms with Crippen molar-refractivity contribution >= 4 is 33.2 Å².